The first kappa shape index (κ1) is 13.4. The normalized spacial score (nSPS) is 9.65. The Morgan fingerprint density at radius 3 is 1.41 bits per heavy atom. The molecule has 0 unspecified atom stereocenters. The second-order valence-corrected chi connectivity index (χ2v) is 3.61. The molecule has 0 atom stereocenters. The van der Waals surface area contributed by atoms with Gasteiger partial charge in [0, 0.05) is 12.5 Å². The topological polar surface area (TPSA) is 72.3 Å². The van der Waals surface area contributed by atoms with Gasteiger partial charge in [0.25, 0.3) is 0 Å². The first-order valence-electron chi connectivity index (χ1n) is 5.47. The molecule has 0 saturated heterocycles. The van der Waals surface area contributed by atoms with Crippen LogP contribution in [-0.4, -0.2) is 11.8 Å². The van der Waals surface area contributed by atoms with Gasteiger partial charge < -0.3 is 10.9 Å². The van der Waals surface area contributed by atoms with Crippen LogP contribution in [0.15, 0.2) is 60.7 Å². The molecule has 0 saturated carbocycles. The maximum absolute atomic E-state index is 6.50. The van der Waals surface area contributed by atoms with Gasteiger partial charge in [0.2, 0.25) is 0 Å². The fourth-order valence-electron chi connectivity index (χ4n) is 1.84. The third kappa shape index (κ3) is 3.67. The molecule has 3 heteroatoms. The van der Waals surface area contributed by atoms with E-state index in [4.69, 9.17) is 10.9 Å². The summed E-state index contributed by atoms with van der Waals surface area (Å²) in [6.07, 6.45) is 0. The molecule has 0 radical (unpaired) electrons. The predicted octanol–water partition coefficient (Wildman–Crippen LogP) is 2.11. The molecular weight excluding hydrogens is 212 g/mol. The molecular formula is C14H18N2O. The maximum Gasteiger partial charge on any atom is 0.0212 e. The summed E-state index contributed by atoms with van der Waals surface area (Å²) in [6, 6.07) is 20.8. The average molecular weight is 230 g/mol. The molecule has 5 N–H and O–H groups in total. The highest BCUT2D eigenvalue weighted by atomic mass is 16.4. The zero-order valence-corrected chi connectivity index (χ0v) is 9.66. The van der Waals surface area contributed by atoms with Gasteiger partial charge in [0.15, 0.2) is 0 Å². The van der Waals surface area contributed by atoms with Crippen molar-refractivity contribution in [2.75, 3.05) is 6.54 Å². The van der Waals surface area contributed by atoms with Crippen LogP contribution < -0.4 is 11.6 Å². The number of rotatable bonds is 3. The lowest BCUT2D eigenvalue weighted by Crippen LogP contribution is -2.13. The van der Waals surface area contributed by atoms with Crippen molar-refractivity contribution in [2.45, 2.75) is 5.92 Å². The van der Waals surface area contributed by atoms with E-state index in [1.54, 1.807) is 0 Å². The monoisotopic (exact) mass is 230 g/mol. The van der Waals surface area contributed by atoms with Crippen LogP contribution in [0.1, 0.15) is 17.0 Å². The van der Waals surface area contributed by atoms with Crippen molar-refractivity contribution in [3.63, 3.8) is 0 Å². The second-order valence-electron chi connectivity index (χ2n) is 3.61. The van der Waals surface area contributed by atoms with Gasteiger partial charge in [-0.3, -0.25) is 0 Å². The van der Waals surface area contributed by atoms with Crippen molar-refractivity contribution in [1.82, 2.24) is 0 Å². The van der Waals surface area contributed by atoms with Crippen LogP contribution >= 0.6 is 0 Å². The molecule has 2 aromatic rings. The summed E-state index contributed by atoms with van der Waals surface area (Å²) < 4.78 is 0. The van der Waals surface area contributed by atoms with E-state index < -0.39 is 0 Å². The summed E-state index contributed by atoms with van der Waals surface area (Å²) in [5.41, 5.74) is 8.40. The van der Waals surface area contributed by atoms with Gasteiger partial charge in [-0.2, -0.15) is 0 Å². The van der Waals surface area contributed by atoms with Crippen molar-refractivity contribution < 1.29 is 5.21 Å². The molecule has 0 aromatic heterocycles. The Labute approximate surface area is 102 Å². The Kier molecular flexibility index (Phi) is 5.96. The van der Waals surface area contributed by atoms with Crippen LogP contribution in [0.2, 0.25) is 0 Å². The Hall–Kier alpha value is -1.68. The lowest BCUT2D eigenvalue weighted by molar-refractivity contribution is 0.311. The summed E-state index contributed by atoms with van der Waals surface area (Å²) in [5, 5.41) is 6.50. The van der Waals surface area contributed by atoms with E-state index >= 15 is 0 Å². The van der Waals surface area contributed by atoms with Gasteiger partial charge in [0.05, 0.1) is 0 Å². The zero-order valence-electron chi connectivity index (χ0n) is 9.66. The number of hydrogen-bond acceptors (Lipinski definition) is 3. The molecule has 0 amide bonds. The first-order chi connectivity index (χ1) is 8.42. The third-order valence-electron chi connectivity index (χ3n) is 2.64. The van der Waals surface area contributed by atoms with Gasteiger partial charge in [-0.05, 0) is 11.1 Å². The van der Waals surface area contributed by atoms with E-state index in [0.29, 0.717) is 12.5 Å². The fourth-order valence-corrected chi connectivity index (χ4v) is 1.84. The molecule has 0 spiro atoms. The standard InChI is InChI=1S/C14H15N.H3NO/c15-11-14(12-7-3-1-4-8-12)13-9-5-2-6-10-13;1-2/h1-10,14H,11,15H2;2H,1H2. The van der Waals surface area contributed by atoms with Crippen molar-refractivity contribution in [1.29, 1.82) is 0 Å². The van der Waals surface area contributed by atoms with Gasteiger partial charge in [-0.1, -0.05) is 60.7 Å². The minimum atomic E-state index is 0.312. The molecule has 90 valence electrons. The molecule has 17 heavy (non-hydrogen) atoms. The highest BCUT2D eigenvalue weighted by molar-refractivity contribution is 5.32. The smallest absolute Gasteiger partial charge is 0.0212 e. The van der Waals surface area contributed by atoms with Crippen LogP contribution in [0, 0.1) is 0 Å². The van der Waals surface area contributed by atoms with E-state index in [0.717, 1.165) is 0 Å². The highest BCUT2D eigenvalue weighted by Crippen LogP contribution is 2.22. The Balaban J connectivity index is 0.000000686. The molecule has 0 aliphatic rings. The maximum atomic E-state index is 6.50. The van der Waals surface area contributed by atoms with E-state index in [1.165, 1.54) is 11.1 Å². The van der Waals surface area contributed by atoms with Crippen LogP contribution in [0.4, 0.5) is 0 Å². The molecule has 0 heterocycles. The summed E-state index contributed by atoms with van der Waals surface area (Å²) in [5.74, 6) is 3.81. The summed E-state index contributed by atoms with van der Waals surface area (Å²) in [6.45, 7) is 0.647. The summed E-state index contributed by atoms with van der Waals surface area (Å²) in [4.78, 5) is 0. The van der Waals surface area contributed by atoms with E-state index in [9.17, 15) is 0 Å². The van der Waals surface area contributed by atoms with Crippen molar-refractivity contribution in [3.05, 3.63) is 71.8 Å². The molecule has 0 fully saturated rings. The van der Waals surface area contributed by atoms with Crippen molar-refractivity contribution in [3.8, 4) is 0 Å². The molecule has 0 aliphatic heterocycles. The second kappa shape index (κ2) is 7.57. The minimum Gasteiger partial charge on any atom is -0.330 e. The number of hydrogen-bond donors (Lipinski definition) is 3. The lowest BCUT2D eigenvalue weighted by atomic mass is 9.92. The molecule has 0 aliphatic carbocycles. The van der Waals surface area contributed by atoms with Crippen molar-refractivity contribution >= 4 is 0 Å². The number of benzene rings is 2. The minimum absolute atomic E-state index is 0.312. The highest BCUT2D eigenvalue weighted by Gasteiger charge is 2.10. The van der Waals surface area contributed by atoms with Gasteiger partial charge in [-0.15, -0.1) is 0 Å². The Bertz CT molecular complexity index is 364. The average Bonchev–Trinajstić information content (AvgIpc) is 2.44. The van der Waals surface area contributed by atoms with E-state index in [1.807, 2.05) is 12.1 Å². The SMILES string of the molecule is NCC(c1ccccc1)c1ccccc1.NO. The fraction of sp³-hybridized carbons (Fsp3) is 0.143. The molecule has 2 aromatic carbocycles. The van der Waals surface area contributed by atoms with Crippen LogP contribution in [0.3, 0.4) is 0 Å². The zero-order chi connectivity index (χ0) is 12.5. The van der Waals surface area contributed by atoms with Gasteiger partial charge >= 0.3 is 0 Å². The van der Waals surface area contributed by atoms with Crippen LogP contribution in [-0.2, 0) is 0 Å². The van der Waals surface area contributed by atoms with Gasteiger partial charge in [-0.25, -0.2) is 5.90 Å². The Morgan fingerprint density at radius 2 is 1.12 bits per heavy atom. The van der Waals surface area contributed by atoms with E-state index in [-0.39, 0.29) is 0 Å². The molecule has 0 bridgehead atoms. The molecule has 3 nitrogen and oxygen atoms in total. The van der Waals surface area contributed by atoms with E-state index in [2.05, 4.69) is 54.4 Å². The first-order valence-corrected chi connectivity index (χ1v) is 5.47. The Morgan fingerprint density at radius 1 is 0.765 bits per heavy atom. The van der Waals surface area contributed by atoms with Crippen LogP contribution in [0.5, 0.6) is 0 Å². The molecule has 2 rings (SSSR count). The van der Waals surface area contributed by atoms with Crippen LogP contribution in [0.25, 0.3) is 0 Å². The van der Waals surface area contributed by atoms with Crippen molar-refractivity contribution in [2.24, 2.45) is 11.6 Å². The number of nitrogens with two attached hydrogens (primary N) is 2. The summed E-state index contributed by atoms with van der Waals surface area (Å²) >= 11 is 0. The summed E-state index contributed by atoms with van der Waals surface area (Å²) in [7, 11) is 0. The van der Waals surface area contributed by atoms with Gasteiger partial charge in [0.1, 0.15) is 0 Å². The third-order valence-corrected chi connectivity index (χ3v) is 2.64. The predicted molar refractivity (Wildman–Crippen MR) is 69.8 cm³/mol. The largest absolute Gasteiger partial charge is 0.330 e. The lowest BCUT2D eigenvalue weighted by Gasteiger charge is -2.15. The quantitative estimate of drug-likeness (QED) is 0.707.